The summed E-state index contributed by atoms with van der Waals surface area (Å²) in [6.45, 7) is 1.43. The maximum absolute atomic E-state index is 12.8. The minimum Gasteiger partial charge on any atom is -0.292 e. The molecule has 0 saturated heterocycles. The Morgan fingerprint density at radius 2 is 1.74 bits per heavy atom. The number of hydrogen-bond donors (Lipinski definition) is 0. The number of halogens is 5. The van der Waals surface area contributed by atoms with Crippen LogP contribution in [0.1, 0.15) is 16.8 Å². The van der Waals surface area contributed by atoms with Crippen molar-refractivity contribution in [2.45, 2.75) is 19.6 Å². The Morgan fingerprint density at radius 1 is 1.13 bits per heavy atom. The SMILES string of the molecule is Cc1c(Cl)cc(Cl)cc1Cn1c(=O)cc(C(F)(F)F)n(C)c1=O. The molecule has 0 aliphatic heterocycles. The van der Waals surface area contributed by atoms with Crippen LogP contribution in [0.4, 0.5) is 13.2 Å². The van der Waals surface area contributed by atoms with E-state index in [4.69, 9.17) is 23.2 Å². The van der Waals surface area contributed by atoms with Gasteiger partial charge in [0.1, 0.15) is 5.69 Å². The van der Waals surface area contributed by atoms with Gasteiger partial charge < -0.3 is 0 Å². The number of alkyl halides is 3. The van der Waals surface area contributed by atoms with E-state index >= 15 is 0 Å². The van der Waals surface area contributed by atoms with Gasteiger partial charge in [-0.1, -0.05) is 23.2 Å². The van der Waals surface area contributed by atoms with Gasteiger partial charge >= 0.3 is 11.9 Å². The van der Waals surface area contributed by atoms with Gasteiger partial charge in [0.2, 0.25) is 0 Å². The summed E-state index contributed by atoms with van der Waals surface area (Å²) in [5, 5.41) is 0.636. The van der Waals surface area contributed by atoms with Gasteiger partial charge in [-0.05, 0) is 30.2 Å². The minimum absolute atomic E-state index is 0.226. The molecule has 9 heteroatoms. The summed E-state index contributed by atoms with van der Waals surface area (Å²) in [5.41, 5.74) is -2.35. The normalized spacial score (nSPS) is 11.8. The van der Waals surface area contributed by atoms with Crippen molar-refractivity contribution in [2.24, 2.45) is 7.05 Å². The highest BCUT2D eigenvalue weighted by molar-refractivity contribution is 6.35. The van der Waals surface area contributed by atoms with E-state index in [-0.39, 0.29) is 6.54 Å². The van der Waals surface area contributed by atoms with Crippen molar-refractivity contribution in [3.63, 3.8) is 0 Å². The Bertz CT molecular complexity index is 885. The Balaban J connectivity index is 2.62. The molecule has 0 saturated carbocycles. The number of aromatic nitrogens is 2. The topological polar surface area (TPSA) is 44.0 Å². The fraction of sp³-hybridized carbons (Fsp3) is 0.286. The lowest BCUT2D eigenvalue weighted by Gasteiger charge is -2.15. The van der Waals surface area contributed by atoms with E-state index in [9.17, 15) is 22.8 Å². The molecule has 0 unspecified atom stereocenters. The molecule has 2 rings (SSSR count). The van der Waals surface area contributed by atoms with Crippen LogP contribution in [0.5, 0.6) is 0 Å². The van der Waals surface area contributed by atoms with Crippen LogP contribution in [0.15, 0.2) is 27.8 Å². The monoisotopic (exact) mass is 366 g/mol. The van der Waals surface area contributed by atoms with Crippen LogP contribution >= 0.6 is 23.2 Å². The predicted octanol–water partition coefficient (Wildman–Crippen LogP) is 3.23. The molecule has 0 atom stereocenters. The van der Waals surface area contributed by atoms with Gasteiger partial charge in [-0.15, -0.1) is 0 Å². The standard InChI is InChI=1S/C14H11Cl2F3N2O2/c1-7-8(3-9(15)4-10(7)16)6-21-12(22)5-11(14(17,18)19)20(2)13(21)23/h3-5H,6H2,1-2H3. The highest BCUT2D eigenvalue weighted by Crippen LogP contribution is 2.27. The van der Waals surface area contributed by atoms with E-state index < -0.39 is 23.1 Å². The molecule has 0 fully saturated rings. The van der Waals surface area contributed by atoms with Crippen LogP contribution in [0.2, 0.25) is 10.0 Å². The van der Waals surface area contributed by atoms with E-state index in [1.54, 1.807) is 6.92 Å². The molecule has 0 aliphatic carbocycles. The predicted molar refractivity (Wildman–Crippen MR) is 81.2 cm³/mol. The summed E-state index contributed by atoms with van der Waals surface area (Å²) in [6.07, 6.45) is -4.79. The smallest absolute Gasteiger partial charge is 0.292 e. The first kappa shape index (κ1) is 17.6. The molecule has 0 radical (unpaired) electrons. The third-order valence-corrected chi connectivity index (χ3v) is 4.05. The van der Waals surface area contributed by atoms with Crippen molar-refractivity contribution < 1.29 is 13.2 Å². The van der Waals surface area contributed by atoms with Crippen LogP contribution in [0, 0.1) is 6.92 Å². The van der Waals surface area contributed by atoms with Crippen LogP contribution in [0.25, 0.3) is 0 Å². The lowest BCUT2D eigenvalue weighted by Crippen LogP contribution is -2.42. The van der Waals surface area contributed by atoms with Gasteiger partial charge in [0.25, 0.3) is 5.56 Å². The molecule has 0 aliphatic rings. The van der Waals surface area contributed by atoms with Gasteiger partial charge in [0.05, 0.1) is 6.54 Å². The highest BCUT2D eigenvalue weighted by atomic mass is 35.5. The first-order valence-electron chi connectivity index (χ1n) is 6.35. The van der Waals surface area contributed by atoms with Crippen LogP contribution in [0.3, 0.4) is 0 Å². The van der Waals surface area contributed by atoms with Crippen LogP contribution in [-0.4, -0.2) is 9.13 Å². The van der Waals surface area contributed by atoms with Gasteiger partial charge in [-0.3, -0.25) is 13.9 Å². The Labute approximate surface area is 138 Å². The molecule has 0 spiro atoms. The quantitative estimate of drug-likeness (QED) is 0.818. The maximum atomic E-state index is 12.8. The highest BCUT2D eigenvalue weighted by Gasteiger charge is 2.34. The van der Waals surface area contributed by atoms with Gasteiger partial charge in [0.15, 0.2) is 0 Å². The number of rotatable bonds is 2. The summed E-state index contributed by atoms with van der Waals surface area (Å²) in [4.78, 5) is 24.0. The summed E-state index contributed by atoms with van der Waals surface area (Å²) >= 11 is 11.9. The van der Waals surface area contributed by atoms with Crippen molar-refractivity contribution in [3.05, 3.63) is 65.9 Å². The Kier molecular flexibility index (Phi) is 4.64. The average molecular weight is 367 g/mol. The largest absolute Gasteiger partial charge is 0.431 e. The number of hydrogen-bond acceptors (Lipinski definition) is 2. The van der Waals surface area contributed by atoms with Gasteiger partial charge in [0, 0.05) is 23.2 Å². The van der Waals surface area contributed by atoms with Gasteiger partial charge in [-0.25, -0.2) is 4.79 Å². The molecule has 1 heterocycles. The second-order valence-corrected chi connectivity index (χ2v) is 5.81. The minimum atomic E-state index is -4.79. The Hall–Kier alpha value is -1.73. The molecule has 2 aromatic rings. The van der Waals surface area contributed by atoms with Crippen LogP contribution < -0.4 is 11.2 Å². The van der Waals surface area contributed by atoms with Crippen molar-refractivity contribution in [2.75, 3.05) is 0 Å². The third kappa shape index (κ3) is 3.45. The van der Waals surface area contributed by atoms with Crippen LogP contribution in [-0.2, 0) is 19.8 Å². The van der Waals surface area contributed by atoms with Crippen molar-refractivity contribution in [3.8, 4) is 0 Å². The van der Waals surface area contributed by atoms with E-state index in [2.05, 4.69) is 0 Å². The van der Waals surface area contributed by atoms with Gasteiger partial charge in [-0.2, -0.15) is 13.2 Å². The summed E-state index contributed by atoms with van der Waals surface area (Å²) in [7, 11) is 0.957. The molecule has 124 valence electrons. The maximum Gasteiger partial charge on any atom is 0.431 e. The lowest BCUT2D eigenvalue weighted by molar-refractivity contribution is -0.144. The molecule has 1 aromatic carbocycles. The molecular formula is C14H11Cl2F3N2O2. The zero-order valence-corrected chi connectivity index (χ0v) is 13.6. The molecule has 1 aromatic heterocycles. The second-order valence-electron chi connectivity index (χ2n) is 4.97. The van der Waals surface area contributed by atoms with E-state index in [1.165, 1.54) is 12.1 Å². The second kappa shape index (κ2) is 6.05. The lowest BCUT2D eigenvalue weighted by atomic mass is 10.1. The molecule has 4 nitrogen and oxygen atoms in total. The molecule has 23 heavy (non-hydrogen) atoms. The molecule has 0 amide bonds. The first-order valence-corrected chi connectivity index (χ1v) is 7.10. The summed E-state index contributed by atoms with van der Waals surface area (Å²) < 4.78 is 39.5. The fourth-order valence-corrected chi connectivity index (χ4v) is 2.66. The number of benzene rings is 1. The first-order chi connectivity index (χ1) is 10.5. The summed E-state index contributed by atoms with van der Waals surface area (Å²) in [6, 6.07) is 3.39. The molecule has 0 N–H and O–H groups in total. The average Bonchev–Trinajstić information content (AvgIpc) is 2.42. The molecular weight excluding hydrogens is 356 g/mol. The van der Waals surface area contributed by atoms with E-state index in [0.29, 0.717) is 36.4 Å². The Morgan fingerprint density at radius 3 is 2.30 bits per heavy atom. The summed E-state index contributed by atoms with van der Waals surface area (Å²) in [5.74, 6) is 0. The van der Waals surface area contributed by atoms with Crippen molar-refractivity contribution in [1.82, 2.24) is 9.13 Å². The van der Waals surface area contributed by atoms with Crippen molar-refractivity contribution in [1.29, 1.82) is 0 Å². The fourth-order valence-electron chi connectivity index (χ4n) is 2.12. The number of nitrogens with zero attached hydrogens (tertiary/aromatic N) is 2. The molecule has 0 bridgehead atoms. The van der Waals surface area contributed by atoms with E-state index in [1.807, 2.05) is 0 Å². The zero-order valence-electron chi connectivity index (χ0n) is 12.0. The zero-order chi connectivity index (χ0) is 17.5. The van der Waals surface area contributed by atoms with E-state index in [0.717, 1.165) is 7.05 Å². The van der Waals surface area contributed by atoms with Crippen molar-refractivity contribution >= 4 is 23.2 Å². The third-order valence-electron chi connectivity index (χ3n) is 3.44.